The number of thioether (sulfide) groups is 1. The Labute approximate surface area is 95.4 Å². The van der Waals surface area contributed by atoms with Crippen LogP contribution >= 0.6 is 23.4 Å². The van der Waals surface area contributed by atoms with Crippen LogP contribution in [-0.4, -0.2) is 21.1 Å². The standard InChI is InChI=1S/C8H8ClN3O2S/c1-15-8-10-5(4-2-3-4)6(12(13)14)7(9)11-8/h4H,2-3H2,1H3. The van der Waals surface area contributed by atoms with Crippen molar-refractivity contribution in [2.45, 2.75) is 23.9 Å². The third-order valence-electron chi connectivity index (χ3n) is 2.18. The summed E-state index contributed by atoms with van der Waals surface area (Å²) in [4.78, 5) is 18.3. The molecule has 0 N–H and O–H groups in total. The van der Waals surface area contributed by atoms with Crippen LogP contribution in [0.1, 0.15) is 24.5 Å². The Morgan fingerprint density at radius 1 is 1.53 bits per heavy atom. The fraction of sp³-hybridized carbons (Fsp3) is 0.500. The summed E-state index contributed by atoms with van der Waals surface area (Å²) in [6, 6.07) is 0. The number of rotatable bonds is 3. The maximum atomic E-state index is 10.8. The molecule has 1 aliphatic rings. The minimum atomic E-state index is -0.500. The molecule has 1 aliphatic carbocycles. The zero-order chi connectivity index (χ0) is 11.0. The third-order valence-corrected chi connectivity index (χ3v) is 2.99. The number of nitro groups is 1. The van der Waals surface area contributed by atoms with Gasteiger partial charge in [0.1, 0.15) is 5.69 Å². The second-order valence-electron chi connectivity index (χ2n) is 3.27. The Balaban J connectivity index is 2.55. The molecule has 5 nitrogen and oxygen atoms in total. The Kier molecular flexibility index (Phi) is 2.79. The molecule has 1 saturated carbocycles. The molecular formula is C8H8ClN3O2S. The summed E-state index contributed by atoms with van der Waals surface area (Å²) in [5.41, 5.74) is 0.362. The first-order chi connectivity index (χ1) is 7.13. The van der Waals surface area contributed by atoms with Crippen LogP contribution < -0.4 is 0 Å². The van der Waals surface area contributed by atoms with Gasteiger partial charge in [-0.2, -0.15) is 0 Å². The molecule has 0 spiro atoms. The predicted octanol–water partition coefficient (Wildman–Crippen LogP) is 2.64. The van der Waals surface area contributed by atoms with Gasteiger partial charge in [-0.3, -0.25) is 10.1 Å². The molecule has 1 heterocycles. The quantitative estimate of drug-likeness (QED) is 0.269. The van der Waals surface area contributed by atoms with Crippen LogP contribution in [0.5, 0.6) is 0 Å². The first-order valence-corrected chi connectivity index (χ1v) is 5.99. The van der Waals surface area contributed by atoms with Gasteiger partial charge in [0.2, 0.25) is 5.15 Å². The Hall–Kier alpha value is -0.880. The van der Waals surface area contributed by atoms with Gasteiger partial charge in [0.15, 0.2) is 5.16 Å². The normalized spacial score (nSPS) is 15.3. The maximum Gasteiger partial charge on any atom is 0.328 e. The highest BCUT2D eigenvalue weighted by Crippen LogP contribution is 2.45. The van der Waals surface area contributed by atoms with Crippen molar-refractivity contribution in [1.82, 2.24) is 9.97 Å². The lowest BCUT2D eigenvalue weighted by Crippen LogP contribution is -2.02. The molecule has 15 heavy (non-hydrogen) atoms. The zero-order valence-electron chi connectivity index (χ0n) is 7.94. The number of aromatic nitrogens is 2. The lowest BCUT2D eigenvalue weighted by Gasteiger charge is -2.03. The van der Waals surface area contributed by atoms with E-state index in [1.807, 2.05) is 6.26 Å². The van der Waals surface area contributed by atoms with Crippen molar-refractivity contribution in [3.8, 4) is 0 Å². The average molecular weight is 246 g/mol. The molecule has 0 amide bonds. The van der Waals surface area contributed by atoms with Gasteiger partial charge in [0.05, 0.1) is 4.92 Å². The summed E-state index contributed by atoms with van der Waals surface area (Å²) in [6.45, 7) is 0. The monoisotopic (exact) mass is 245 g/mol. The van der Waals surface area contributed by atoms with E-state index in [0.29, 0.717) is 10.9 Å². The topological polar surface area (TPSA) is 68.9 Å². The van der Waals surface area contributed by atoms with E-state index in [9.17, 15) is 10.1 Å². The molecule has 7 heteroatoms. The lowest BCUT2D eigenvalue weighted by atomic mass is 10.2. The van der Waals surface area contributed by atoms with Gasteiger partial charge in [-0.15, -0.1) is 0 Å². The number of hydrogen-bond acceptors (Lipinski definition) is 5. The van der Waals surface area contributed by atoms with Crippen LogP contribution in [0.3, 0.4) is 0 Å². The molecule has 0 bridgehead atoms. The molecule has 0 saturated heterocycles. The molecule has 0 aromatic carbocycles. The fourth-order valence-corrected chi connectivity index (χ4v) is 1.99. The molecule has 2 rings (SSSR count). The van der Waals surface area contributed by atoms with Crippen LogP contribution in [0.2, 0.25) is 5.15 Å². The van der Waals surface area contributed by atoms with E-state index in [-0.39, 0.29) is 16.8 Å². The molecular weight excluding hydrogens is 238 g/mol. The summed E-state index contributed by atoms with van der Waals surface area (Å²) in [7, 11) is 0. The van der Waals surface area contributed by atoms with Crippen LogP contribution in [0, 0.1) is 10.1 Å². The van der Waals surface area contributed by atoms with E-state index in [1.165, 1.54) is 11.8 Å². The van der Waals surface area contributed by atoms with Gasteiger partial charge in [-0.05, 0) is 19.1 Å². The molecule has 0 radical (unpaired) electrons. The summed E-state index contributed by atoms with van der Waals surface area (Å²) in [5.74, 6) is 0.191. The Bertz CT molecular complexity index is 423. The molecule has 0 atom stereocenters. The minimum absolute atomic E-state index is 0.0544. The number of hydrogen-bond donors (Lipinski definition) is 0. The van der Waals surface area contributed by atoms with E-state index in [1.54, 1.807) is 0 Å². The van der Waals surface area contributed by atoms with Gasteiger partial charge in [-0.25, -0.2) is 9.97 Å². The van der Waals surface area contributed by atoms with Crippen LogP contribution in [0.15, 0.2) is 5.16 Å². The summed E-state index contributed by atoms with van der Waals surface area (Å²) in [6.07, 6.45) is 3.71. The largest absolute Gasteiger partial charge is 0.328 e. The van der Waals surface area contributed by atoms with Crippen molar-refractivity contribution in [1.29, 1.82) is 0 Å². The van der Waals surface area contributed by atoms with E-state index in [0.717, 1.165) is 12.8 Å². The van der Waals surface area contributed by atoms with Gasteiger partial charge in [0.25, 0.3) is 0 Å². The molecule has 0 aliphatic heterocycles. The zero-order valence-corrected chi connectivity index (χ0v) is 9.51. The Morgan fingerprint density at radius 3 is 2.67 bits per heavy atom. The van der Waals surface area contributed by atoms with Crippen molar-refractivity contribution < 1.29 is 4.92 Å². The molecule has 1 aromatic rings. The second kappa shape index (κ2) is 3.94. The third kappa shape index (κ3) is 2.05. The number of nitrogens with zero attached hydrogens (tertiary/aromatic N) is 3. The molecule has 0 unspecified atom stereocenters. The van der Waals surface area contributed by atoms with E-state index < -0.39 is 4.92 Å². The maximum absolute atomic E-state index is 10.8. The van der Waals surface area contributed by atoms with Crippen molar-refractivity contribution in [2.75, 3.05) is 6.26 Å². The van der Waals surface area contributed by atoms with Crippen molar-refractivity contribution in [3.05, 3.63) is 21.0 Å². The fourth-order valence-electron chi connectivity index (χ4n) is 1.33. The molecule has 1 fully saturated rings. The Morgan fingerprint density at radius 2 is 2.20 bits per heavy atom. The highest BCUT2D eigenvalue weighted by Gasteiger charge is 2.35. The average Bonchev–Trinajstić information content (AvgIpc) is 2.98. The molecule has 80 valence electrons. The van der Waals surface area contributed by atoms with Crippen molar-refractivity contribution in [2.24, 2.45) is 0 Å². The summed E-state index contributed by atoms with van der Waals surface area (Å²) >= 11 is 7.11. The highest BCUT2D eigenvalue weighted by atomic mass is 35.5. The first kappa shape index (κ1) is 10.6. The summed E-state index contributed by atoms with van der Waals surface area (Å²) < 4.78 is 0. The minimum Gasteiger partial charge on any atom is -0.258 e. The van der Waals surface area contributed by atoms with Crippen LogP contribution in [0.25, 0.3) is 0 Å². The van der Waals surface area contributed by atoms with E-state index >= 15 is 0 Å². The lowest BCUT2D eigenvalue weighted by molar-refractivity contribution is -0.386. The van der Waals surface area contributed by atoms with Gasteiger partial charge < -0.3 is 0 Å². The highest BCUT2D eigenvalue weighted by molar-refractivity contribution is 7.98. The first-order valence-electron chi connectivity index (χ1n) is 4.39. The van der Waals surface area contributed by atoms with E-state index in [4.69, 9.17) is 11.6 Å². The van der Waals surface area contributed by atoms with Gasteiger partial charge in [-0.1, -0.05) is 23.4 Å². The van der Waals surface area contributed by atoms with Crippen LogP contribution in [0.4, 0.5) is 5.69 Å². The summed E-state index contributed by atoms with van der Waals surface area (Å²) in [5, 5.41) is 11.2. The smallest absolute Gasteiger partial charge is 0.258 e. The van der Waals surface area contributed by atoms with Crippen molar-refractivity contribution in [3.63, 3.8) is 0 Å². The van der Waals surface area contributed by atoms with Crippen molar-refractivity contribution >= 4 is 29.1 Å². The van der Waals surface area contributed by atoms with E-state index in [2.05, 4.69) is 9.97 Å². The van der Waals surface area contributed by atoms with Gasteiger partial charge in [0, 0.05) is 5.92 Å². The van der Waals surface area contributed by atoms with Gasteiger partial charge >= 0.3 is 5.69 Å². The second-order valence-corrected chi connectivity index (χ2v) is 4.40. The SMILES string of the molecule is CSc1nc(Cl)c([N+](=O)[O-])c(C2CC2)n1. The molecule has 1 aromatic heterocycles. The van der Waals surface area contributed by atoms with Crippen LogP contribution in [-0.2, 0) is 0 Å². The predicted molar refractivity (Wildman–Crippen MR) is 57.5 cm³/mol. The number of halogens is 1.